The molecule has 0 amide bonds. The van der Waals surface area contributed by atoms with E-state index in [-0.39, 0.29) is 12.4 Å². The summed E-state index contributed by atoms with van der Waals surface area (Å²) in [5.41, 5.74) is 5.43. The molecule has 5 rings (SSSR count). The number of halogens is 3. The predicted octanol–water partition coefficient (Wildman–Crippen LogP) is 6.22. The molecule has 29 heavy (non-hydrogen) atoms. The number of rotatable bonds is 3. The summed E-state index contributed by atoms with van der Waals surface area (Å²) < 4.78 is 27.0. The van der Waals surface area contributed by atoms with E-state index in [0.29, 0.717) is 5.69 Å². The lowest BCUT2D eigenvalue weighted by atomic mass is 10.1. The van der Waals surface area contributed by atoms with E-state index in [0.717, 1.165) is 51.0 Å². The first-order valence-corrected chi connectivity index (χ1v) is 8.73. The summed E-state index contributed by atoms with van der Waals surface area (Å²) in [7, 11) is 0. The second kappa shape index (κ2) is 7.48. The highest BCUT2D eigenvalue weighted by Crippen LogP contribution is 2.34. The van der Waals surface area contributed by atoms with Gasteiger partial charge in [-0.1, -0.05) is 30.3 Å². The molecular formula is C22H15ClF2N4. The summed E-state index contributed by atoms with van der Waals surface area (Å²) in [6.45, 7) is 0. The first kappa shape index (κ1) is 18.8. The first-order chi connectivity index (χ1) is 13.7. The van der Waals surface area contributed by atoms with Crippen molar-refractivity contribution in [3.05, 3.63) is 84.7 Å². The standard InChI is InChI=1S/C22H14F2N4.ClH/c23-15-7-6-14(10-16(15)24)27-20-11-19(13-4-2-1-3-5-13)28-17-8-9-18-22(21(17)20)26-12-25-18;/h1-12,27-28H;1H. The average Bonchev–Trinajstić information content (AvgIpc) is 3.20. The van der Waals surface area contributed by atoms with Crippen molar-refractivity contribution in [3.63, 3.8) is 0 Å². The molecule has 7 heteroatoms. The molecular weight excluding hydrogens is 394 g/mol. The van der Waals surface area contributed by atoms with Crippen LogP contribution >= 0.6 is 12.4 Å². The van der Waals surface area contributed by atoms with E-state index in [4.69, 9.17) is 0 Å². The third kappa shape index (κ3) is 3.39. The van der Waals surface area contributed by atoms with E-state index >= 15 is 0 Å². The van der Waals surface area contributed by atoms with Gasteiger partial charge in [0, 0.05) is 22.8 Å². The van der Waals surface area contributed by atoms with E-state index in [1.807, 2.05) is 48.5 Å². The Hall–Kier alpha value is -3.51. The number of hydrogen-bond acceptors (Lipinski definition) is 3. The number of pyridine rings is 1. The molecule has 0 spiro atoms. The molecule has 0 saturated carbocycles. The zero-order valence-corrected chi connectivity index (χ0v) is 15.8. The Morgan fingerprint density at radius 2 is 1.66 bits per heavy atom. The van der Waals surface area contributed by atoms with Crippen LogP contribution in [0.3, 0.4) is 0 Å². The molecule has 0 fully saturated rings. The van der Waals surface area contributed by atoms with Crippen molar-refractivity contribution >= 4 is 45.7 Å². The molecule has 0 aliphatic carbocycles. The third-order valence-corrected chi connectivity index (χ3v) is 4.65. The maximum Gasteiger partial charge on any atom is 0.160 e. The van der Waals surface area contributed by atoms with Crippen LogP contribution < -0.4 is 5.32 Å². The van der Waals surface area contributed by atoms with Gasteiger partial charge in [0.2, 0.25) is 0 Å². The number of aromatic nitrogens is 3. The highest BCUT2D eigenvalue weighted by Gasteiger charge is 2.13. The van der Waals surface area contributed by atoms with Gasteiger partial charge in [0.1, 0.15) is 11.8 Å². The number of nitrogens with one attached hydrogen (secondary N) is 2. The highest BCUT2D eigenvalue weighted by atomic mass is 35.5. The van der Waals surface area contributed by atoms with Gasteiger partial charge in [0.15, 0.2) is 11.6 Å². The fourth-order valence-electron chi connectivity index (χ4n) is 3.34. The summed E-state index contributed by atoms with van der Waals surface area (Å²) >= 11 is 0. The number of hydrogen-bond donors (Lipinski definition) is 2. The lowest BCUT2D eigenvalue weighted by molar-refractivity contribution is 0.509. The van der Waals surface area contributed by atoms with Crippen LogP contribution in [0.25, 0.3) is 33.2 Å². The molecule has 0 saturated heterocycles. The van der Waals surface area contributed by atoms with Gasteiger partial charge in [-0.2, -0.15) is 0 Å². The fourth-order valence-corrected chi connectivity index (χ4v) is 3.34. The number of fused-ring (bicyclic) bond motifs is 3. The highest BCUT2D eigenvalue weighted by molar-refractivity contribution is 6.10. The third-order valence-electron chi connectivity index (χ3n) is 4.65. The molecule has 5 aromatic rings. The average molecular weight is 409 g/mol. The lowest BCUT2D eigenvalue weighted by Gasteiger charge is -2.14. The van der Waals surface area contributed by atoms with Gasteiger partial charge >= 0.3 is 0 Å². The van der Waals surface area contributed by atoms with Crippen molar-refractivity contribution in [1.29, 1.82) is 0 Å². The fraction of sp³-hybridized carbons (Fsp3) is 0. The number of imidazole rings is 1. The second-order valence-electron chi connectivity index (χ2n) is 6.45. The largest absolute Gasteiger partial charge is 0.355 e. The van der Waals surface area contributed by atoms with Crippen molar-refractivity contribution in [1.82, 2.24) is 15.0 Å². The minimum atomic E-state index is -0.904. The number of aromatic amines is 1. The van der Waals surface area contributed by atoms with Crippen molar-refractivity contribution in [3.8, 4) is 11.3 Å². The van der Waals surface area contributed by atoms with Crippen LogP contribution in [0.4, 0.5) is 20.2 Å². The Morgan fingerprint density at radius 3 is 2.45 bits per heavy atom. The van der Waals surface area contributed by atoms with Gasteiger partial charge in [0.05, 0.1) is 16.7 Å². The Bertz CT molecular complexity index is 1320. The normalized spacial score (nSPS) is 10.8. The molecule has 0 unspecified atom stereocenters. The molecule has 0 aliphatic rings. The maximum atomic E-state index is 13.7. The van der Waals surface area contributed by atoms with Crippen molar-refractivity contribution in [2.45, 2.75) is 0 Å². The molecule has 0 bridgehead atoms. The van der Waals surface area contributed by atoms with Crippen LogP contribution in [0, 0.1) is 11.6 Å². The summed E-state index contributed by atoms with van der Waals surface area (Å²) in [4.78, 5) is 12.1. The zero-order chi connectivity index (χ0) is 19.1. The van der Waals surface area contributed by atoms with E-state index in [1.54, 1.807) is 0 Å². The van der Waals surface area contributed by atoms with Crippen LogP contribution in [-0.4, -0.2) is 15.0 Å². The van der Waals surface area contributed by atoms with Crippen molar-refractivity contribution in [2.75, 3.05) is 5.32 Å². The van der Waals surface area contributed by atoms with E-state index < -0.39 is 11.6 Å². The number of anilines is 2. The van der Waals surface area contributed by atoms with Crippen LogP contribution in [0.2, 0.25) is 0 Å². The Balaban J connectivity index is 0.00000205. The molecule has 2 N–H and O–H groups in total. The molecule has 2 heterocycles. The van der Waals surface area contributed by atoms with Crippen LogP contribution in [0.15, 0.2) is 73.1 Å². The van der Waals surface area contributed by atoms with Gasteiger partial charge in [-0.3, -0.25) is 0 Å². The zero-order valence-electron chi connectivity index (χ0n) is 15.0. The van der Waals surface area contributed by atoms with E-state index in [2.05, 4.69) is 20.3 Å². The van der Waals surface area contributed by atoms with E-state index in [9.17, 15) is 8.78 Å². The first-order valence-electron chi connectivity index (χ1n) is 8.73. The molecule has 0 radical (unpaired) electrons. The second-order valence-corrected chi connectivity index (χ2v) is 6.45. The SMILES string of the molecule is Cl.Fc1ccc(Nc2cc(-c3ccccc3)[nH]c3ccc4ncnc4c23)cc1F. The smallest absolute Gasteiger partial charge is 0.160 e. The molecule has 0 aliphatic heterocycles. The Morgan fingerprint density at radius 1 is 0.828 bits per heavy atom. The van der Waals surface area contributed by atoms with Crippen molar-refractivity contribution in [2.24, 2.45) is 0 Å². The van der Waals surface area contributed by atoms with Crippen LogP contribution in [-0.2, 0) is 0 Å². The molecule has 4 nitrogen and oxygen atoms in total. The van der Waals surface area contributed by atoms with Gasteiger partial charge in [-0.05, 0) is 35.9 Å². The number of benzene rings is 3. The Kier molecular flexibility index (Phi) is 4.86. The quantitative estimate of drug-likeness (QED) is 0.372. The monoisotopic (exact) mass is 408 g/mol. The topological polar surface area (TPSA) is 53.6 Å². The van der Waals surface area contributed by atoms with Crippen LogP contribution in [0.5, 0.6) is 0 Å². The number of nitrogens with zero attached hydrogens (tertiary/aromatic N) is 2. The molecule has 0 atom stereocenters. The van der Waals surface area contributed by atoms with Crippen LogP contribution in [0.1, 0.15) is 0 Å². The summed E-state index contributed by atoms with van der Waals surface area (Å²) in [5, 5.41) is 4.05. The molecule has 144 valence electrons. The molecule has 3 aromatic carbocycles. The maximum absolute atomic E-state index is 13.7. The summed E-state index contributed by atoms with van der Waals surface area (Å²) in [5.74, 6) is -1.79. The summed E-state index contributed by atoms with van der Waals surface area (Å²) in [6.07, 6.45) is 1.51. The number of H-pyrrole nitrogens is 1. The van der Waals surface area contributed by atoms with Gasteiger partial charge < -0.3 is 10.3 Å². The van der Waals surface area contributed by atoms with Crippen molar-refractivity contribution < 1.29 is 8.78 Å². The Labute approximate surface area is 171 Å². The van der Waals surface area contributed by atoms with Gasteiger partial charge in [-0.25, -0.2) is 18.7 Å². The minimum Gasteiger partial charge on any atom is -0.355 e. The van der Waals surface area contributed by atoms with Gasteiger partial charge in [0.25, 0.3) is 0 Å². The van der Waals surface area contributed by atoms with E-state index in [1.165, 1.54) is 12.4 Å². The molecule has 2 aromatic heterocycles. The van der Waals surface area contributed by atoms with Gasteiger partial charge in [-0.15, -0.1) is 12.4 Å². The lowest BCUT2D eigenvalue weighted by Crippen LogP contribution is -1.97. The predicted molar refractivity (Wildman–Crippen MR) is 114 cm³/mol. The minimum absolute atomic E-state index is 0. The summed E-state index contributed by atoms with van der Waals surface area (Å²) in [6, 6.07) is 19.4.